The number of nitrogens with zero attached hydrogens (tertiary/aromatic N) is 3. The number of carbonyl (C=O) groups excluding carboxylic acids is 2. The van der Waals surface area contributed by atoms with Gasteiger partial charge in [-0.2, -0.15) is 0 Å². The number of aliphatic hydroxyl groups is 1. The van der Waals surface area contributed by atoms with Crippen LogP contribution in [-0.4, -0.2) is 59.0 Å². The van der Waals surface area contributed by atoms with Crippen LogP contribution in [0.1, 0.15) is 46.6 Å². The molecule has 0 aliphatic carbocycles. The summed E-state index contributed by atoms with van der Waals surface area (Å²) in [6.07, 6.45) is 2.62. The number of aliphatic hydroxyl groups excluding tert-OH is 1. The first-order valence-electron chi connectivity index (χ1n) is 13.2. The van der Waals surface area contributed by atoms with Gasteiger partial charge in [-0.05, 0) is 38.2 Å². The fourth-order valence-corrected chi connectivity index (χ4v) is 6.32. The van der Waals surface area contributed by atoms with Gasteiger partial charge in [0, 0.05) is 55.4 Å². The van der Waals surface area contributed by atoms with E-state index in [0.29, 0.717) is 46.7 Å². The summed E-state index contributed by atoms with van der Waals surface area (Å²) >= 11 is 1.25. The van der Waals surface area contributed by atoms with Gasteiger partial charge in [0.15, 0.2) is 0 Å². The highest BCUT2D eigenvalue weighted by atomic mass is 32.1. The molecule has 1 saturated heterocycles. The molecule has 0 unspecified atom stereocenters. The number of amides is 2. The quantitative estimate of drug-likeness (QED) is 0.407. The van der Waals surface area contributed by atoms with E-state index in [1.165, 1.54) is 16.2 Å². The van der Waals surface area contributed by atoms with Crippen LogP contribution in [0.3, 0.4) is 0 Å². The first-order valence-corrected chi connectivity index (χ1v) is 14.0. The van der Waals surface area contributed by atoms with Crippen molar-refractivity contribution in [2.45, 2.75) is 38.5 Å². The number of aromatic nitrogens is 1. The van der Waals surface area contributed by atoms with Crippen molar-refractivity contribution in [3.05, 3.63) is 76.8 Å². The number of thiazole rings is 1. The van der Waals surface area contributed by atoms with E-state index < -0.39 is 18.3 Å². The van der Waals surface area contributed by atoms with Crippen molar-refractivity contribution in [2.75, 3.05) is 31.1 Å². The molecular weight excluding hydrogens is 520 g/mol. The van der Waals surface area contributed by atoms with Crippen LogP contribution in [0.4, 0.5) is 14.5 Å². The number of halogens is 2. The smallest absolute Gasteiger partial charge is 0.275 e. The molecule has 39 heavy (non-hydrogen) atoms. The summed E-state index contributed by atoms with van der Waals surface area (Å²) < 4.78 is 31.3. The highest BCUT2D eigenvalue weighted by molar-refractivity contribution is 7.17. The maximum Gasteiger partial charge on any atom is 0.275 e. The van der Waals surface area contributed by atoms with E-state index in [2.05, 4.69) is 4.98 Å². The molecule has 3 aromatic rings. The number of carbonyl (C=O) groups is 2. The van der Waals surface area contributed by atoms with Crippen LogP contribution in [0.25, 0.3) is 16.1 Å². The number of likely N-dealkylation sites (tertiary alicyclic amines) is 1. The molecule has 1 aromatic heterocycles. The van der Waals surface area contributed by atoms with Crippen molar-refractivity contribution in [1.82, 2.24) is 9.88 Å². The lowest BCUT2D eigenvalue weighted by Gasteiger charge is -2.31. The van der Waals surface area contributed by atoms with Gasteiger partial charge in [-0.25, -0.2) is 13.8 Å². The predicted molar refractivity (Wildman–Crippen MR) is 149 cm³/mol. The van der Waals surface area contributed by atoms with Crippen LogP contribution in [0.15, 0.2) is 60.7 Å². The highest BCUT2D eigenvalue weighted by Crippen LogP contribution is 2.44. The number of benzene rings is 2. The normalized spacial score (nSPS) is 18.6. The molecule has 0 spiro atoms. The van der Waals surface area contributed by atoms with Crippen molar-refractivity contribution in [3.8, 4) is 10.6 Å². The van der Waals surface area contributed by atoms with Crippen LogP contribution in [-0.2, 0) is 4.79 Å². The molecule has 2 amide bonds. The number of anilines is 1. The molecule has 0 saturated carbocycles. The topological polar surface area (TPSA) is 73.7 Å². The first kappa shape index (κ1) is 27.1. The Morgan fingerprint density at radius 3 is 2.49 bits per heavy atom. The van der Waals surface area contributed by atoms with Gasteiger partial charge in [0.1, 0.15) is 9.88 Å². The minimum atomic E-state index is -3.30. The second-order valence-electron chi connectivity index (χ2n) is 10.1. The van der Waals surface area contributed by atoms with Gasteiger partial charge in [-0.3, -0.25) is 9.59 Å². The number of fused-ring (bicyclic) bond motifs is 1. The molecule has 0 radical (unpaired) electrons. The molecular formula is C30H31F2N3O3S. The lowest BCUT2D eigenvalue weighted by Crippen LogP contribution is -2.38. The average molecular weight is 552 g/mol. The largest absolute Gasteiger partial charge is 0.396 e. The van der Waals surface area contributed by atoms with Crippen LogP contribution < -0.4 is 4.90 Å². The van der Waals surface area contributed by atoms with Crippen molar-refractivity contribution < 1.29 is 23.5 Å². The summed E-state index contributed by atoms with van der Waals surface area (Å²) in [6.45, 7) is 2.61. The lowest BCUT2D eigenvalue weighted by atomic mass is 9.93. The zero-order valence-corrected chi connectivity index (χ0v) is 22.6. The molecule has 5 rings (SSSR count). The molecule has 2 aromatic carbocycles. The number of hydrogen-bond donors (Lipinski definition) is 1. The maximum atomic E-state index is 15.6. The molecule has 3 heterocycles. The van der Waals surface area contributed by atoms with Gasteiger partial charge in [0.05, 0.1) is 11.4 Å². The number of aryl methyl sites for hydroxylation is 1. The Bertz CT molecular complexity index is 1380. The zero-order chi connectivity index (χ0) is 27.6. The van der Waals surface area contributed by atoms with E-state index in [4.69, 9.17) is 0 Å². The maximum absolute atomic E-state index is 15.6. The minimum Gasteiger partial charge on any atom is -0.396 e. The Morgan fingerprint density at radius 1 is 1.08 bits per heavy atom. The van der Waals surface area contributed by atoms with Gasteiger partial charge in [0.25, 0.3) is 11.8 Å². The second-order valence-corrected chi connectivity index (χ2v) is 11.1. The van der Waals surface area contributed by atoms with Crippen molar-refractivity contribution in [3.63, 3.8) is 0 Å². The molecule has 204 valence electrons. The van der Waals surface area contributed by atoms with E-state index in [1.54, 1.807) is 36.1 Å². The summed E-state index contributed by atoms with van der Waals surface area (Å²) in [6, 6.07) is 16.1. The van der Waals surface area contributed by atoms with Crippen molar-refractivity contribution >= 4 is 34.4 Å². The van der Waals surface area contributed by atoms with Crippen LogP contribution >= 0.6 is 11.3 Å². The van der Waals surface area contributed by atoms with Gasteiger partial charge in [-0.15, -0.1) is 11.3 Å². The Morgan fingerprint density at radius 2 is 1.77 bits per heavy atom. The van der Waals surface area contributed by atoms with Crippen LogP contribution in [0.5, 0.6) is 0 Å². The predicted octanol–water partition coefficient (Wildman–Crippen LogP) is 5.81. The average Bonchev–Trinajstić information content (AvgIpc) is 3.29. The summed E-state index contributed by atoms with van der Waals surface area (Å²) in [7, 11) is 0. The minimum absolute atomic E-state index is 0.107. The van der Waals surface area contributed by atoms with Crippen LogP contribution in [0.2, 0.25) is 0 Å². The molecule has 1 fully saturated rings. The van der Waals surface area contributed by atoms with Gasteiger partial charge >= 0.3 is 0 Å². The summed E-state index contributed by atoms with van der Waals surface area (Å²) in [5, 5.41) is 9.88. The summed E-state index contributed by atoms with van der Waals surface area (Å²) in [5.74, 6) is -3.79. The molecule has 0 atom stereocenters. The van der Waals surface area contributed by atoms with Gasteiger partial charge in [0.2, 0.25) is 5.91 Å². The highest BCUT2D eigenvalue weighted by Gasteiger charge is 2.42. The third-order valence-corrected chi connectivity index (χ3v) is 8.71. The van der Waals surface area contributed by atoms with E-state index in [1.807, 2.05) is 30.3 Å². The molecule has 6 nitrogen and oxygen atoms in total. The second kappa shape index (κ2) is 11.4. The standard InChI is InChI=1S/C30H31F2N3O3S/c1-20-27(39-28(33-20)22-7-3-2-4-8-22)29(38)35-17-14-30(31,32)24(23-9-5-6-10-25(23)35)19-26(37)34-15-11-21(12-16-34)13-18-36/h2-10,19,21,36H,11-18H2,1H3/b24-19-. The molecule has 0 bridgehead atoms. The third kappa shape index (κ3) is 5.65. The van der Waals surface area contributed by atoms with E-state index in [9.17, 15) is 14.7 Å². The molecule has 9 heteroatoms. The summed E-state index contributed by atoms with van der Waals surface area (Å²) in [5.41, 5.74) is 1.61. The number of hydrogen-bond acceptors (Lipinski definition) is 5. The molecule has 2 aliphatic rings. The van der Waals surface area contributed by atoms with E-state index in [-0.39, 0.29) is 30.2 Å². The third-order valence-electron chi connectivity index (χ3n) is 7.52. The van der Waals surface area contributed by atoms with Gasteiger partial charge < -0.3 is 14.9 Å². The first-order chi connectivity index (χ1) is 18.8. The Kier molecular flexibility index (Phi) is 7.91. The lowest BCUT2D eigenvalue weighted by molar-refractivity contribution is -0.127. The zero-order valence-electron chi connectivity index (χ0n) is 21.8. The van der Waals surface area contributed by atoms with Crippen LogP contribution in [0, 0.1) is 12.8 Å². The van der Waals surface area contributed by atoms with Gasteiger partial charge in [-0.1, -0.05) is 48.5 Å². The number of piperidine rings is 1. The number of para-hydroxylation sites is 1. The van der Waals surface area contributed by atoms with Crippen molar-refractivity contribution in [2.24, 2.45) is 5.92 Å². The van der Waals surface area contributed by atoms with E-state index in [0.717, 1.165) is 24.5 Å². The molecule has 1 N–H and O–H groups in total. The van der Waals surface area contributed by atoms with E-state index >= 15 is 8.78 Å². The van der Waals surface area contributed by atoms with Crippen molar-refractivity contribution in [1.29, 1.82) is 0 Å². The summed E-state index contributed by atoms with van der Waals surface area (Å²) in [4.78, 5) is 34.9. The number of allylic oxidation sites excluding steroid dienone is 1. The number of alkyl halides is 2. The molecule has 2 aliphatic heterocycles. The Hall–Kier alpha value is -3.43. The SMILES string of the molecule is Cc1nc(-c2ccccc2)sc1C(=O)N1CCC(F)(F)/C(=C\C(=O)N2CCC(CCO)CC2)c2ccccc21. The Labute approximate surface area is 230 Å². The monoisotopic (exact) mass is 551 g/mol. The Balaban J connectivity index is 1.46. The fourth-order valence-electron chi connectivity index (χ4n) is 5.30. The number of rotatable bonds is 5. The fraction of sp³-hybridized carbons (Fsp3) is 0.367.